The molecule has 0 aliphatic rings. The SMILES string of the molecule is CCCc1cc(C(=O)N[C@H](C)CCCc2cccnc2)ccc1-c1ccc(OC)c(OC)c1. The van der Waals surface area contributed by atoms with Crippen molar-refractivity contribution in [1.29, 1.82) is 0 Å². The number of nitrogens with zero attached hydrogens (tertiary/aromatic N) is 1. The molecule has 0 saturated heterocycles. The van der Waals surface area contributed by atoms with E-state index in [9.17, 15) is 4.79 Å². The summed E-state index contributed by atoms with van der Waals surface area (Å²) in [5, 5.41) is 3.15. The Hall–Kier alpha value is -3.34. The highest BCUT2D eigenvalue weighted by Crippen LogP contribution is 2.34. The largest absolute Gasteiger partial charge is 0.493 e. The number of aryl methyl sites for hydroxylation is 2. The fourth-order valence-corrected chi connectivity index (χ4v) is 4.03. The van der Waals surface area contributed by atoms with E-state index in [1.54, 1.807) is 20.4 Å². The topological polar surface area (TPSA) is 60.5 Å². The van der Waals surface area contributed by atoms with Crippen molar-refractivity contribution in [3.05, 3.63) is 77.6 Å². The van der Waals surface area contributed by atoms with Crippen LogP contribution in [-0.2, 0) is 12.8 Å². The number of rotatable bonds is 11. The minimum atomic E-state index is -0.0277. The van der Waals surface area contributed by atoms with Gasteiger partial charge in [0.1, 0.15) is 0 Å². The van der Waals surface area contributed by atoms with Crippen LogP contribution >= 0.6 is 0 Å². The number of hydrogen-bond acceptors (Lipinski definition) is 4. The van der Waals surface area contributed by atoms with Gasteiger partial charge in [0.15, 0.2) is 11.5 Å². The van der Waals surface area contributed by atoms with Gasteiger partial charge in [-0.15, -0.1) is 0 Å². The van der Waals surface area contributed by atoms with Gasteiger partial charge in [0.25, 0.3) is 5.91 Å². The summed E-state index contributed by atoms with van der Waals surface area (Å²) in [6, 6.07) is 16.0. The van der Waals surface area contributed by atoms with Gasteiger partial charge in [-0.2, -0.15) is 0 Å². The van der Waals surface area contributed by atoms with E-state index >= 15 is 0 Å². The molecule has 0 radical (unpaired) electrons. The highest BCUT2D eigenvalue weighted by atomic mass is 16.5. The van der Waals surface area contributed by atoms with Crippen molar-refractivity contribution >= 4 is 5.91 Å². The minimum Gasteiger partial charge on any atom is -0.493 e. The van der Waals surface area contributed by atoms with Gasteiger partial charge < -0.3 is 14.8 Å². The number of hydrogen-bond donors (Lipinski definition) is 1. The molecule has 0 bridgehead atoms. The third-order valence-corrected chi connectivity index (χ3v) is 5.78. The molecule has 1 aromatic heterocycles. The molecule has 1 N–H and O–H groups in total. The van der Waals surface area contributed by atoms with Gasteiger partial charge in [-0.1, -0.05) is 31.5 Å². The highest BCUT2D eigenvalue weighted by Gasteiger charge is 2.14. The Balaban J connectivity index is 1.69. The van der Waals surface area contributed by atoms with Gasteiger partial charge in [0.05, 0.1) is 14.2 Å². The highest BCUT2D eigenvalue weighted by molar-refractivity contribution is 5.95. The second-order valence-electron chi connectivity index (χ2n) is 8.32. The van der Waals surface area contributed by atoms with Crippen molar-refractivity contribution in [2.75, 3.05) is 14.2 Å². The molecule has 2 aromatic carbocycles. The van der Waals surface area contributed by atoms with Crippen molar-refractivity contribution in [2.45, 2.75) is 52.0 Å². The van der Waals surface area contributed by atoms with Crippen LogP contribution in [0.25, 0.3) is 11.1 Å². The zero-order chi connectivity index (χ0) is 23.6. The molecular formula is C28H34N2O3. The normalized spacial score (nSPS) is 11.6. The summed E-state index contributed by atoms with van der Waals surface area (Å²) in [6.45, 7) is 4.21. The van der Waals surface area contributed by atoms with Crippen molar-refractivity contribution in [3.63, 3.8) is 0 Å². The number of carbonyl (C=O) groups excluding carboxylic acids is 1. The molecule has 0 aliphatic carbocycles. The van der Waals surface area contributed by atoms with Crippen molar-refractivity contribution in [1.82, 2.24) is 10.3 Å². The van der Waals surface area contributed by atoms with Crippen LogP contribution in [0.1, 0.15) is 54.6 Å². The van der Waals surface area contributed by atoms with E-state index in [2.05, 4.69) is 30.2 Å². The summed E-state index contributed by atoms with van der Waals surface area (Å²) >= 11 is 0. The Bertz CT molecular complexity index is 1050. The Kier molecular flexibility index (Phi) is 8.87. The monoisotopic (exact) mass is 446 g/mol. The Labute approximate surface area is 197 Å². The quantitative estimate of drug-likeness (QED) is 0.401. The molecule has 174 valence electrons. The van der Waals surface area contributed by atoms with Crippen molar-refractivity contribution in [3.8, 4) is 22.6 Å². The summed E-state index contributed by atoms with van der Waals surface area (Å²) in [5.74, 6) is 1.37. The first-order chi connectivity index (χ1) is 16.0. The maximum Gasteiger partial charge on any atom is 0.251 e. The van der Waals surface area contributed by atoms with Crippen LogP contribution in [0.15, 0.2) is 60.9 Å². The molecule has 1 heterocycles. The van der Waals surface area contributed by atoms with Crippen LogP contribution < -0.4 is 14.8 Å². The molecule has 5 heteroatoms. The van der Waals surface area contributed by atoms with Gasteiger partial charge in [-0.05, 0) is 85.2 Å². The summed E-state index contributed by atoms with van der Waals surface area (Å²) in [4.78, 5) is 17.1. The second-order valence-corrected chi connectivity index (χ2v) is 8.32. The molecule has 33 heavy (non-hydrogen) atoms. The molecule has 0 spiro atoms. The molecule has 3 rings (SSSR count). The number of benzene rings is 2. The Morgan fingerprint density at radius 3 is 2.55 bits per heavy atom. The molecular weight excluding hydrogens is 412 g/mol. The average Bonchev–Trinajstić information content (AvgIpc) is 2.84. The van der Waals surface area contributed by atoms with Crippen LogP contribution in [0.5, 0.6) is 11.5 Å². The van der Waals surface area contributed by atoms with Gasteiger partial charge in [-0.3, -0.25) is 9.78 Å². The zero-order valence-electron chi connectivity index (χ0n) is 20.1. The second kappa shape index (κ2) is 12.0. The molecule has 0 fully saturated rings. The number of nitrogens with one attached hydrogen (secondary N) is 1. The molecule has 0 unspecified atom stereocenters. The number of carbonyl (C=O) groups is 1. The standard InChI is InChI=1S/C28H34N2O3/c1-5-8-22-17-24(12-14-25(22)23-13-15-26(32-3)27(18-23)33-4)28(31)30-20(2)9-6-10-21-11-7-16-29-19-21/h7,11-20H,5-6,8-10H2,1-4H3,(H,30,31)/t20-/m1/s1. The molecule has 1 atom stereocenters. The third kappa shape index (κ3) is 6.58. The third-order valence-electron chi connectivity index (χ3n) is 5.78. The average molecular weight is 447 g/mol. The molecule has 3 aromatic rings. The maximum atomic E-state index is 12.9. The van der Waals surface area contributed by atoms with Crippen LogP contribution in [0, 0.1) is 0 Å². The van der Waals surface area contributed by atoms with Crippen LogP contribution in [-0.4, -0.2) is 31.2 Å². The first kappa shape index (κ1) is 24.3. The fourth-order valence-electron chi connectivity index (χ4n) is 4.03. The minimum absolute atomic E-state index is 0.0277. The molecule has 0 aliphatic heterocycles. The first-order valence-electron chi connectivity index (χ1n) is 11.6. The zero-order valence-corrected chi connectivity index (χ0v) is 20.1. The van der Waals surface area contributed by atoms with Crippen LogP contribution in [0.2, 0.25) is 0 Å². The lowest BCUT2D eigenvalue weighted by Crippen LogP contribution is -2.32. The summed E-state index contributed by atoms with van der Waals surface area (Å²) in [6.07, 6.45) is 8.48. The molecule has 0 saturated carbocycles. The van der Waals surface area contributed by atoms with E-state index in [1.807, 2.05) is 48.7 Å². The smallest absolute Gasteiger partial charge is 0.251 e. The molecule has 1 amide bonds. The predicted molar refractivity (Wildman–Crippen MR) is 133 cm³/mol. The van der Waals surface area contributed by atoms with Gasteiger partial charge >= 0.3 is 0 Å². The fraction of sp³-hybridized carbons (Fsp3) is 0.357. The van der Waals surface area contributed by atoms with Gasteiger partial charge in [0.2, 0.25) is 0 Å². The van der Waals surface area contributed by atoms with Gasteiger partial charge in [0, 0.05) is 24.0 Å². The van der Waals surface area contributed by atoms with E-state index in [1.165, 1.54) is 5.56 Å². The number of methoxy groups -OCH3 is 2. The summed E-state index contributed by atoms with van der Waals surface area (Å²) < 4.78 is 10.8. The lowest BCUT2D eigenvalue weighted by molar-refractivity contribution is 0.0938. The predicted octanol–water partition coefficient (Wildman–Crippen LogP) is 5.86. The summed E-state index contributed by atoms with van der Waals surface area (Å²) in [5.41, 5.74) is 5.24. The number of ether oxygens (including phenoxy) is 2. The van der Waals surface area contributed by atoms with E-state index in [4.69, 9.17) is 9.47 Å². The van der Waals surface area contributed by atoms with Gasteiger partial charge in [-0.25, -0.2) is 0 Å². The summed E-state index contributed by atoms with van der Waals surface area (Å²) in [7, 11) is 3.27. The number of amides is 1. The Morgan fingerprint density at radius 1 is 1.03 bits per heavy atom. The number of pyridine rings is 1. The lowest BCUT2D eigenvalue weighted by Gasteiger charge is -2.16. The van der Waals surface area contributed by atoms with E-state index < -0.39 is 0 Å². The number of aromatic nitrogens is 1. The molecule has 5 nitrogen and oxygen atoms in total. The van der Waals surface area contributed by atoms with E-state index in [-0.39, 0.29) is 11.9 Å². The van der Waals surface area contributed by atoms with E-state index in [0.29, 0.717) is 17.1 Å². The van der Waals surface area contributed by atoms with Crippen LogP contribution in [0.3, 0.4) is 0 Å². The lowest BCUT2D eigenvalue weighted by atomic mass is 9.94. The van der Waals surface area contributed by atoms with Crippen LogP contribution in [0.4, 0.5) is 0 Å². The van der Waals surface area contributed by atoms with Crippen molar-refractivity contribution in [2.24, 2.45) is 0 Å². The maximum absolute atomic E-state index is 12.9. The Morgan fingerprint density at radius 2 is 1.85 bits per heavy atom. The first-order valence-corrected chi connectivity index (χ1v) is 11.6. The van der Waals surface area contributed by atoms with Crippen molar-refractivity contribution < 1.29 is 14.3 Å². The van der Waals surface area contributed by atoms with E-state index in [0.717, 1.165) is 48.8 Å².